The van der Waals surface area contributed by atoms with Gasteiger partial charge in [-0.25, -0.2) is 4.39 Å². The van der Waals surface area contributed by atoms with Crippen molar-refractivity contribution in [1.29, 1.82) is 0 Å². The molecule has 0 aliphatic carbocycles. The van der Waals surface area contributed by atoms with E-state index >= 15 is 0 Å². The first-order valence-electron chi connectivity index (χ1n) is 10.6. The molecule has 2 amide bonds. The van der Waals surface area contributed by atoms with Gasteiger partial charge in [-0.2, -0.15) is 0 Å². The van der Waals surface area contributed by atoms with E-state index in [0.717, 1.165) is 5.56 Å². The minimum atomic E-state index is -0.460. The van der Waals surface area contributed by atoms with E-state index in [1.165, 1.54) is 18.2 Å². The van der Waals surface area contributed by atoms with Gasteiger partial charge in [0, 0.05) is 34.9 Å². The number of nitrogens with two attached hydrogens (primary N) is 1. The predicted octanol–water partition coefficient (Wildman–Crippen LogP) is 5.36. The summed E-state index contributed by atoms with van der Waals surface area (Å²) in [6.07, 6.45) is 0. The molecule has 3 N–H and O–H groups in total. The molecule has 7 heteroatoms. The second-order valence-electron chi connectivity index (χ2n) is 8.70. The Morgan fingerprint density at radius 3 is 2.30 bits per heavy atom. The first-order chi connectivity index (χ1) is 15.7. The van der Waals surface area contributed by atoms with Gasteiger partial charge in [0.05, 0.1) is 0 Å². The number of hydrogen-bond acceptors (Lipinski definition) is 3. The molecule has 0 spiro atoms. The lowest BCUT2D eigenvalue weighted by Crippen LogP contribution is -2.41. The molecule has 0 radical (unpaired) electrons. The molecule has 0 heterocycles. The average Bonchev–Trinajstić information content (AvgIpc) is 2.79. The summed E-state index contributed by atoms with van der Waals surface area (Å²) in [5.41, 5.74) is 7.81. The van der Waals surface area contributed by atoms with E-state index in [4.69, 9.17) is 17.3 Å². The highest BCUT2D eigenvalue weighted by molar-refractivity contribution is 6.31. The number of nitrogens with zero attached hydrogens (tertiary/aromatic N) is 1. The monoisotopic (exact) mass is 467 g/mol. The molecule has 0 fully saturated rings. The van der Waals surface area contributed by atoms with Crippen molar-refractivity contribution in [3.63, 3.8) is 0 Å². The third-order valence-electron chi connectivity index (χ3n) is 5.20. The Labute approximate surface area is 198 Å². The highest BCUT2D eigenvalue weighted by Crippen LogP contribution is 2.21. The fourth-order valence-electron chi connectivity index (χ4n) is 3.33. The summed E-state index contributed by atoms with van der Waals surface area (Å²) in [5.74, 6) is -0.995. The van der Waals surface area contributed by atoms with Crippen LogP contribution in [0.4, 0.5) is 10.1 Å². The Kier molecular flexibility index (Phi) is 7.84. The minimum Gasteiger partial charge on any atom is -0.334 e. The molecule has 5 nitrogen and oxygen atoms in total. The maximum absolute atomic E-state index is 13.7. The van der Waals surface area contributed by atoms with Crippen molar-refractivity contribution in [1.82, 2.24) is 4.90 Å². The standard InChI is InChI=1S/C26H27ClFN3O2/c1-26(2,16-29)17-31(25(33)20-6-4-8-22(28)14-20)15-18-9-11-23(12-10-18)30-24(32)19-5-3-7-21(27)13-19/h3-14H,15-17,29H2,1-2H3,(H,30,32). The van der Waals surface area contributed by atoms with Gasteiger partial charge in [0.25, 0.3) is 11.8 Å². The number of carbonyl (C=O) groups is 2. The first kappa shape index (κ1) is 24.4. The number of anilines is 1. The molecule has 33 heavy (non-hydrogen) atoms. The van der Waals surface area contributed by atoms with Gasteiger partial charge in [-0.1, -0.05) is 49.7 Å². The van der Waals surface area contributed by atoms with Gasteiger partial charge in [-0.15, -0.1) is 0 Å². The van der Waals surface area contributed by atoms with Gasteiger partial charge in [0.2, 0.25) is 0 Å². The first-order valence-corrected chi connectivity index (χ1v) is 11.0. The van der Waals surface area contributed by atoms with Crippen LogP contribution in [0.5, 0.6) is 0 Å². The highest BCUT2D eigenvalue weighted by Gasteiger charge is 2.25. The van der Waals surface area contributed by atoms with Crippen LogP contribution in [0.1, 0.15) is 40.1 Å². The van der Waals surface area contributed by atoms with Crippen molar-refractivity contribution in [3.8, 4) is 0 Å². The maximum atomic E-state index is 13.7. The van der Waals surface area contributed by atoms with Crippen LogP contribution in [0.25, 0.3) is 0 Å². The van der Waals surface area contributed by atoms with Crippen LogP contribution in [0, 0.1) is 11.2 Å². The van der Waals surface area contributed by atoms with Gasteiger partial charge in [0.1, 0.15) is 5.82 Å². The van der Waals surface area contributed by atoms with E-state index in [-0.39, 0.29) is 22.8 Å². The van der Waals surface area contributed by atoms with E-state index in [1.54, 1.807) is 47.4 Å². The fraction of sp³-hybridized carbons (Fsp3) is 0.231. The van der Waals surface area contributed by atoms with Crippen molar-refractivity contribution in [2.75, 3.05) is 18.4 Å². The lowest BCUT2D eigenvalue weighted by molar-refractivity contribution is 0.0672. The molecule has 0 saturated heterocycles. The minimum absolute atomic E-state index is 0.266. The van der Waals surface area contributed by atoms with Gasteiger partial charge >= 0.3 is 0 Å². The molecule has 0 aliphatic rings. The Morgan fingerprint density at radius 1 is 1.00 bits per heavy atom. The molecule has 0 saturated carbocycles. The van der Waals surface area contributed by atoms with Crippen molar-refractivity contribution in [2.45, 2.75) is 20.4 Å². The summed E-state index contributed by atoms with van der Waals surface area (Å²) in [6, 6.07) is 19.6. The van der Waals surface area contributed by atoms with Crippen molar-refractivity contribution in [3.05, 3.63) is 100 Å². The second-order valence-corrected chi connectivity index (χ2v) is 9.14. The number of amides is 2. The zero-order valence-electron chi connectivity index (χ0n) is 18.6. The van der Waals surface area contributed by atoms with Crippen LogP contribution >= 0.6 is 11.6 Å². The summed E-state index contributed by atoms with van der Waals surface area (Å²) in [4.78, 5) is 27.2. The summed E-state index contributed by atoms with van der Waals surface area (Å²) in [7, 11) is 0. The molecular formula is C26H27ClFN3O2. The smallest absolute Gasteiger partial charge is 0.255 e. The molecule has 0 atom stereocenters. The molecular weight excluding hydrogens is 441 g/mol. The number of carbonyl (C=O) groups excluding carboxylic acids is 2. The summed E-state index contributed by atoms with van der Waals surface area (Å²) >= 11 is 5.95. The fourth-order valence-corrected chi connectivity index (χ4v) is 3.52. The van der Waals surface area contributed by atoms with E-state index < -0.39 is 5.82 Å². The SMILES string of the molecule is CC(C)(CN)CN(Cc1ccc(NC(=O)c2cccc(Cl)c2)cc1)C(=O)c1cccc(F)c1. The molecule has 0 unspecified atom stereocenters. The second kappa shape index (κ2) is 10.6. The Bertz CT molecular complexity index is 1130. The average molecular weight is 468 g/mol. The molecule has 0 aromatic heterocycles. The molecule has 3 rings (SSSR count). The molecule has 172 valence electrons. The van der Waals surface area contributed by atoms with Crippen LogP contribution in [0.2, 0.25) is 5.02 Å². The normalized spacial score (nSPS) is 11.2. The van der Waals surface area contributed by atoms with Gasteiger partial charge in [-0.05, 0) is 66.1 Å². The van der Waals surface area contributed by atoms with Crippen LogP contribution in [0.3, 0.4) is 0 Å². The van der Waals surface area contributed by atoms with Crippen molar-refractivity contribution < 1.29 is 14.0 Å². The third-order valence-corrected chi connectivity index (χ3v) is 5.44. The van der Waals surface area contributed by atoms with Crippen LogP contribution in [-0.2, 0) is 6.54 Å². The summed E-state index contributed by atoms with van der Waals surface area (Å²) < 4.78 is 13.7. The summed E-state index contributed by atoms with van der Waals surface area (Å²) in [6.45, 7) is 5.09. The lowest BCUT2D eigenvalue weighted by Gasteiger charge is -2.32. The van der Waals surface area contributed by atoms with Crippen molar-refractivity contribution >= 4 is 29.1 Å². The van der Waals surface area contributed by atoms with Gasteiger partial charge in [-0.3, -0.25) is 9.59 Å². The lowest BCUT2D eigenvalue weighted by atomic mass is 9.92. The maximum Gasteiger partial charge on any atom is 0.255 e. The number of rotatable bonds is 8. The quantitative estimate of drug-likeness (QED) is 0.468. The van der Waals surface area contributed by atoms with Crippen molar-refractivity contribution in [2.24, 2.45) is 11.1 Å². The largest absolute Gasteiger partial charge is 0.334 e. The van der Waals surface area contributed by atoms with Gasteiger partial charge < -0.3 is 16.0 Å². The number of nitrogens with one attached hydrogen (secondary N) is 1. The van der Waals surface area contributed by atoms with Crippen LogP contribution in [0.15, 0.2) is 72.8 Å². The third kappa shape index (κ3) is 6.88. The number of hydrogen-bond donors (Lipinski definition) is 2. The van der Waals surface area contributed by atoms with E-state index in [9.17, 15) is 14.0 Å². The van der Waals surface area contributed by atoms with E-state index in [1.807, 2.05) is 26.0 Å². The molecule has 3 aromatic carbocycles. The predicted molar refractivity (Wildman–Crippen MR) is 130 cm³/mol. The zero-order valence-corrected chi connectivity index (χ0v) is 19.4. The van der Waals surface area contributed by atoms with Crippen LogP contribution < -0.4 is 11.1 Å². The van der Waals surface area contributed by atoms with E-state index in [2.05, 4.69) is 5.32 Å². The molecule has 0 bridgehead atoms. The topological polar surface area (TPSA) is 75.4 Å². The van der Waals surface area contributed by atoms with Gasteiger partial charge in [0.15, 0.2) is 0 Å². The highest BCUT2D eigenvalue weighted by atomic mass is 35.5. The Balaban J connectivity index is 1.75. The number of halogens is 2. The number of benzene rings is 3. The zero-order chi connectivity index (χ0) is 24.0. The molecule has 3 aromatic rings. The summed E-state index contributed by atoms with van der Waals surface area (Å²) in [5, 5.41) is 3.32. The van der Waals surface area contributed by atoms with E-state index in [0.29, 0.717) is 35.9 Å². The van der Waals surface area contributed by atoms with Crippen LogP contribution in [-0.4, -0.2) is 29.8 Å². The Morgan fingerprint density at radius 2 is 1.67 bits per heavy atom. The molecule has 0 aliphatic heterocycles. The Hall–Kier alpha value is -3.22.